The zero-order valence-electron chi connectivity index (χ0n) is 30.0. The van der Waals surface area contributed by atoms with Gasteiger partial charge in [-0.25, -0.2) is 24.9 Å². The van der Waals surface area contributed by atoms with Gasteiger partial charge in [-0.3, -0.25) is 0 Å². The number of hydrogen-bond donors (Lipinski definition) is 0. The van der Waals surface area contributed by atoms with Crippen LogP contribution in [-0.2, 0) is 0 Å². The molecule has 5 heterocycles. The van der Waals surface area contributed by atoms with E-state index in [1.165, 1.54) is 14.8 Å². The smallest absolute Gasteiger partial charge is 0.180 e. The Morgan fingerprint density at radius 2 is 0.982 bits per heavy atom. The minimum absolute atomic E-state index is 0.568. The SMILES string of the molecule is c1ccc(-c2nc(-c3ccc4oc5cccc(-c6nc(-c7ccccc7)c7oc8ccccc8c7n6)c5c4c3)nc(-c3cccc4sc5ccccc5c34)n2)cc1. The lowest BCUT2D eigenvalue weighted by Crippen LogP contribution is -2.00. The standard InChI is InChI=1S/C49H27N5O2S/c1-3-13-28(14-4-1)43-45-44(31-17-7-9-21-36(31)56-45)51-48(50-43)33-19-11-22-38-41(33)35-27-30(25-26-37(35)55-38)47-52-46(29-15-5-2-6-16-29)53-49(54-47)34-20-12-24-40-42(34)32-18-8-10-23-39(32)57-40/h1-27H. The molecule has 0 unspecified atom stereocenters. The number of thiophene rings is 1. The molecule has 0 aliphatic carbocycles. The van der Waals surface area contributed by atoms with Gasteiger partial charge in [0.05, 0.1) is 0 Å². The summed E-state index contributed by atoms with van der Waals surface area (Å²) >= 11 is 1.78. The van der Waals surface area contributed by atoms with Gasteiger partial charge < -0.3 is 8.83 Å². The normalized spacial score (nSPS) is 11.9. The molecule has 0 radical (unpaired) electrons. The van der Waals surface area contributed by atoms with Crippen LogP contribution in [0.2, 0.25) is 0 Å². The molecule has 0 amide bonds. The van der Waals surface area contributed by atoms with E-state index in [0.717, 1.165) is 77.3 Å². The van der Waals surface area contributed by atoms with E-state index in [9.17, 15) is 0 Å². The summed E-state index contributed by atoms with van der Waals surface area (Å²) in [6.45, 7) is 0. The van der Waals surface area contributed by atoms with Gasteiger partial charge >= 0.3 is 0 Å². The van der Waals surface area contributed by atoms with Crippen molar-refractivity contribution in [2.45, 2.75) is 0 Å². The second-order valence-electron chi connectivity index (χ2n) is 14.0. The van der Waals surface area contributed by atoms with Crippen molar-refractivity contribution in [2.75, 3.05) is 0 Å². The molecule has 57 heavy (non-hydrogen) atoms. The number of benzene rings is 7. The lowest BCUT2D eigenvalue weighted by molar-refractivity contribution is 0.667. The maximum Gasteiger partial charge on any atom is 0.180 e. The van der Waals surface area contributed by atoms with Crippen LogP contribution < -0.4 is 0 Å². The molecule has 0 aliphatic rings. The van der Waals surface area contributed by atoms with Crippen LogP contribution in [-0.4, -0.2) is 24.9 Å². The first-order valence-corrected chi connectivity index (χ1v) is 19.5. The van der Waals surface area contributed by atoms with Crippen LogP contribution in [0.1, 0.15) is 0 Å². The Bertz CT molecular complexity index is 3540. The minimum atomic E-state index is 0.568. The van der Waals surface area contributed by atoms with Gasteiger partial charge in [0.25, 0.3) is 0 Å². The zero-order chi connectivity index (χ0) is 37.5. The monoisotopic (exact) mass is 749 g/mol. The number of nitrogens with zero attached hydrogens (tertiary/aromatic N) is 5. The van der Waals surface area contributed by atoms with Crippen molar-refractivity contribution in [1.82, 2.24) is 24.9 Å². The fourth-order valence-corrected chi connectivity index (χ4v) is 9.09. The highest BCUT2D eigenvalue weighted by Gasteiger charge is 2.22. The van der Waals surface area contributed by atoms with Crippen molar-refractivity contribution in [3.8, 4) is 56.8 Å². The maximum atomic E-state index is 6.50. The Labute approximate surface area is 328 Å². The Balaban J connectivity index is 1.09. The number of fused-ring (bicyclic) bond motifs is 9. The topological polar surface area (TPSA) is 90.7 Å². The Morgan fingerprint density at radius 1 is 0.368 bits per heavy atom. The molecule has 12 aromatic rings. The summed E-state index contributed by atoms with van der Waals surface area (Å²) in [5.41, 5.74) is 8.92. The molecule has 7 nitrogen and oxygen atoms in total. The summed E-state index contributed by atoms with van der Waals surface area (Å²) in [7, 11) is 0. The first-order chi connectivity index (χ1) is 28.2. The fourth-order valence-electron chi connectivity index (χ4n) is 7.96. The molecule has 8 heteroatoms. The largest absolute Gasteiger partial charge is 0.456 e. The third-order valence-corrected chi connectivity index (χ3v) is 11.7. The fraction of sp³-hybridized carbons (Fsp3) is 0. The number of aromatic nitrogens is 5. The molecule has 0 bridgehead atoms. The Kier molecular flexibility index (Phi) is 6.96. The molecule has 0 spiro atoms. The minimum Gasteiger partial charge on any atom is -0.456 e. The van der Waals surface area contributed by atoms with Crippen molar-refractivity contribution in [1.29, 1.82) is 0 Å². The summed E-state index contributed by atoms with van der Waals surface area (Å²) < 4.78 is 15.3. The first kappa shape index (κ1) is 31.8. The van der Waals surface area contributed by atoms with Crippen molar-refractivity contribution in [2.24, 2.45) is 0 Å². The van der Waals surface area contributed by atoms with Gasteiger partial charge in [0.1, 0.15) is 28.0 Å². The molecule has 7 aromatic carbocycles. The van der Waals surface area contributed by atoms with E-state index >= 15 is 0 Å². The van der Waals surface area contributed by atoms with Gasteiger partial charge in [0.2, 0.25) is 0 Å². The molecule has 0 saturated carbocycles. The van der Waals surface area contributed by atoms with Crippen LogP contribution in [0.3, 0.4) is 0 Å². The lowest BCUT2D eigenvalue weighted by atomic mass is 10.0. The third kappa shape index (κ3) is 5.08. The van der Waals surface area contributed by atoms with E-state index in [4.69, 9.17) is 33.8 Å². The Morgan fingerprint density at radius 3 is 1.82 bits per heavy atom. The maximum absolute atomic E-state index is 6.50. The highest BCUT2D eigenvalue weighted by atomic mass is 32.1. The molecule has 0 fully saturated rings. The van der Waals surface area contributed by atoms with Crippen LogP contribution in [0.5, 0.6) is 0 Å². The van der Waals surface area contributed by atoms with Gasteiger partial charge in [-0.1, -0.05) is 115 Å². The average Bonchev–Trinajstić information content (AvgIpc) is 3.97. The van der Waals surface area contributed by atoms with Crippen molar-refractivity contribution >= 4 is 75.5 Å². The van der Waals surface area contributed by atoms with Crippen molar-refractivity contribution in [3.63, 3.8) is 0 Å². The number of hydrogen-bond acceptors (Lipinski definition) is 8. The summed E-state index contributed by atoms with van der Waals surface area (Å²) in [5, 5.41) is 5.09. The lowest BCUT2D eigenvalue weighted by Gasteiger charge is -2.10. The number of furan rings is 2. The van der Waals surface area contributed by atoms with E-state index in [-0.39, 0.29) is 0 Å². The zero-order valence-corrected chi connectivity index (χ0v) is 30.9. The molecule has 0 atom stereocenters. The second-order valence-corrected chi connectivity index (χ2v) is 15.1. The van der Waals surface area contributed by atoms with Crippen LogP contribution in [0, 0.1) is 0 Å². The number of rotatable bonds is 5. The van der Waals surface area contributed by atoms with Gasteiger partial charge in [-0.2, -0.15) is 0 Å². The van der Waals surface area contributed by atoms with E-state index in [1.54, 1.807) is 11.3 Å². The van der Waals surface area contributed by atoms with Gasteiger partial charge in [0, 0.05) is 64.1 Å². The molecule has 0 N–H and O–H groups in total. The quantitative estimate of drug-likeness (QED) is 0.173. The van der Waals surface area contributed by atoms with Crippen molar-refractivity contribution in [3.05, 3.63) is 164 Å². The van der Waals surface area contributed by atoms with E-state index in [2.05, 4.69) is 54.6 Å². The summed E-state index contributed by atoms with van der Waals surface area (Å²) in [6.07, 6.45) is 0. The average molecular weight is 750 g/mol. The Hall–Kier alpha value is -7.55. The molecule has 5 aromatic heterocycles. The van der Waals surface area contributed by atoms with E-state index in [0.29, 0.717) is 28.9 Å². The van der Waals surface area contributed by atoms with Gasteiger partial charge in [0.15, 0.2) is 28.9 Å². The predicted molar refractivity (Wildman–Crippen MR) is 230 cm³/mol. The highest BCUT2D eigenvalue weighted by Crippen LogP contribution is 2.42. The highest BCUT2D eigenvalue weighted by molar-refractivity contribution is 7.25. The van der Waals surface area contributed by atoms with Gasteiger partial charge in [-0.15, -0.1) is 11.3 Å². The van der Waals surface area contributed by atoms with Crippen LogP contribution in [0.4, 0.5) is 0 Å². The molecular weight excluding hydrogens is 723 g/mol. The summed E-state index contributed by atoms with van der Waals surface area (Å²) in [4.78, 5) is 25.8. The number of para-hydroxylation sites is 1. The molecular formula is C49H27N5O2S. The molecule has 12 rings (SSSR count). The molecule has 0 saturated heterocycles. The summed E-state index contributed by atoms with van der Waals surface area (Å²) in [6, 6.07) is 55.2. The van der Waals surface area contributed by atoms with E-state index in [1.807, 2.05) is 109 Å². The van der Waals surface area contributed by atoms with Crippen LogP contribution in [0.15, 0.2) is 173 Å². The second kappa shape index (κ2) is 12.5. The molecule has 266 valence electrons. The van der Waals surface area contributed by atoms with Crippen molar-refractivity contribution < 1.29 is 8.83 Å². The van der Waals surface area contributed by atoms with Gasteiger partial charge in [-0.05, 0) is 48.5 Å². The van der Waals surface area contributed by atoms with Crippen LogP contribution in [0.25, 0.3) is 121 Å². The summed E-state index contributed by atoms with van der Waals surface area (Å²) in [5.74, 6) is 2.37. The van der Waals surface area contributed by atoms with Crippen LogP contribution >= 0.6 is 11.3 Å². The first-order valence-electron chi connectivity index (χ1n) is 18.7. The third-order valence-electron chi connectivity index (χ3n) is 10.6. The molecule has 0 aliphatic heterocycles. The van der Waals surface area contributed by atoms with E-state index < -0.39 is 0 Å². The predicted octanol–water partition coefficient (Wildman–Crippen LogP) is 13.2.